The first-order valence-electron chi connectivity index (χ1n) is 29.3. The molecule has 4 aromatic carbocycles. The molecule has 2 N–H and O–H groups in total. The molecule has 16 nitrogen and oxygen atoms in total. The maximum absolute atomic E-state index is 15.2. The number of rotatable bonds is 19. The summed E-state index contributed by atoms with van der Waals surface area (Å²) < 4.78 is 28.7. The summed E-state index contributed by atoms with van der Waals surface area (Å²) in [5, 5.41) is 5.60. The number of urea groups is 1. The number of carbonyl (C=O) groups excluding carboxylic acids is 4. The van der Waals surface area contributed by atoms with Crippen LogP contribution in [0.2, 0.25) is 5.02 Å². The number of amidine groups is 1. The smallest absolute Gasteiger partial charge is 0.326 e. The van der Waals surface area contributed by atoms with Crippen LogP contribution in [0.3, 0.4) is 0 Å². The zero-order chi connectivity index (χ0) is 58.5. The molecule has 0 unspecified atom stereocenters. The minimum atomic E-state index is -0.552. The highest BCUT2D eigenvalue weighted by molar-refractivity contribution is 6.30. The molecule has 18 heteroatoms. The van der Waals surface area contributed by atoms with E-state index in [1.54, 1.807) is 41.1 Å². The fourth-order valence-electron chi connectivity index (χ4n) is 12.3. The molecule has 2 fully saturated rings. The second kappa shape index (κ2) is 25.8. The normalized spacial score (nSPS) is 18.0. The van der Waals surface area contributed by atoms with E-state index in [0.29, 0.717) is 103 Å². The summed E-state index contributed by atoms with van der Waals surface area (Å²) in [6.07, 6.45) is 10.3. The lowest BCUT2D eigenvalue weighted by Crippen LogP contribution is -2.56. The van der Waals surface area contributed by atoms with Crippen LogP contribution >= 0.6 is 11.6 Å². The third-order valence-electron chi connectivity index (χ3n) is 16.6. The molecule has 2 saturated heterocycles. The van der Waals surface area contributed by atoms with Gasteiger partial charge in [0.2, 0.25) is 5.91 Å². The van der Waals surface area contributed by atoms with Gasteiger partial charge >= 0.3 is 6.03 Å². The number of aliphatic imine (C=N–C) groups is 1. The molecule has 4 amide bonds. The first kappa shape index (κ1) is 58.4. The number of unbranched alkanes of at least 4 members (excludes halogenated alkanes) is 5. The van der Waals surface area contributed by atoms with Crippen LogP contribution < -0.4 is 20.1 Å². The molecule has 0 radical (unpaired) electrons. The second-order valence-corrected chi connectivity index (χ2v) is 23.2. The van der Waals surface area contributed by atoms with E-state index in [0.717, 1.165) is 90.6 Å². The standard InChI is InChI=1S/C65H76ClFN10O6/c1-41(2)83-57-37-50(82-6)27-29-52(57)63-70-60(44-20-18-42(3)19-21-44)61(45-22-24-47(66)25-23-45)77(63)65(81)74-34-33-73(58(79)40-74)30-12-10-8-7-9-11-15-49(78)16-13-32-76-43(4)59-46-35-56(62(68)69-38-46)75-31-14-17-55(75)53-36-48(67)26-28-51(53)64(80)72(5)39-54(59)71-76/h18-29,35-38,41,55,60-61H,7-17,30-34,39-40H2,1-6H3,(H2,68,69)/t55-,60+,61-/m1/s1. The van der Waals surface area contributed by atoms with Crippen molar-refractivity contribution in [1.29, 1.82) is 0 Å². The van der Waals surface area contributed by atoms with E-state index in [9.17, 15) is 18.8 Å². The lowest BCUT2D eigenvalue weighted by Gasteiger charge is -2.38. The second-order valence-electron chi connectivity index (χ2n) is 22.8. The first-order valence-corrected chi connectivity index (χ1v) is 29.7. The molecule has 83 heavy (non-hydrogen) atoms. The summed E-state index contributed by atoms with van der Waals surface area (Å²) in [6, 6.07) is 26.2. The molecule has 6 aromatic rings. The van der Waals surface area contributed by atoms with Crippen molar-refractivity contribution in [3.63, 3.8) is 0 Å². The number of benzene rings is 4. The molecule has 2 bridgehead atoms. The van der Waals surface area contributed by atoms with E-state index in [1.165, 1.54) is 12.1 Å². The van der Waals surface area contributed by atoms with Crippen LogP contribution in [0.15, 0.2) is 102 Å². The Morgan fingerprint density at radius 2 is 1.54 bits per heavy atom. The van der Waals surface area contributed by atoms with Crippen LogP contribution in [0.5, 0.6) is 11.5 Å². The number of anilines is 2. The molecule has 436 valence electrons. The number of piperazine rings is 1. The van der Waals surface area contributed by atoms with E-state index >= 15 is 4.79 Å². The number of hydrogen-bond donors (Lipinski definition) is 1. The number of halogens is 2. The minimum absolute atomic E-state index is 0.0530. The summed E-state index contributed by atoms with van der Waals surface area (Å²) >= 11 is 6.42. The molecule has 0 saturated carbocycles. The molecule has 0 aliphatic carbocycles. The van der Waals surface area contributed by atoms with Gasteiger partial charge in [-0.3, -0.25) is 29.0 Å². The number of amides is 4. The van der Waals surface area contributed by atoms with Crippen LogP contribution in [-0.4, -0.2) is 117 Å². The zero-order valence-corrected chi connectivity index (χ0v) is 49.3. The maximum atomic E-state index is 15.2. The lowest BCUT2D eigenvalue weighted by molar-refractivity contribution is -0.135. The molecule has 2 aromatic heterocycles. The largest absolute Gasteiger partial charge is 0.497 e. The number of Topliss-reactive ketones (excluding diaryl/α,β-unsaturated/α-hetero) is 1. The topological polar surface area (TPSA) is 172 Å². The van der Waals surface area contributed by atoms with E-state index < -0.39 is 17.9 Å². The number of aryl methyl sites for hydroxylation is 2. The van der Waals surface area contributed by atoms with E-state index in [4.69, 9.17) is 36.9 Å². The third-order valence-corrected chi connectivity index (χ3v) is 16.9. The minimum Gasteiger partial charge on any atom is -0.497 e. The van der Waals surface area contributed by atoms with E-state index in [2.05, 4.69) is 34.1 Å². The van der Waals surface area contributed by atoms with Gasteiger partial charge in [-0.2, -0.15) is 5.10 Å². The number of ether oxygens (including phenoxy) is 2. The molecular formula is C65H76ClFN10O6. The summed E-state index contributed by atoms with van der Waals surface area (Å²) in [4.78, 5) is 75.4. The van der Waals surface area contributed by atoms with Gasteiger partial charge in [0, 0.05) is 92.3 Å². The molecule has 4 aliphatic rings. The SMILES string of the molecule is COc1ccc(C2=N[C@@H](c3ccc(C)cc3)[C@@H](c3ccc(Cl)cc3)N2C(=O)N2CCN(CCCCCCCCC(=O)CCCn3nc4c(c3C)-c3cnc(N)c(c3)N3CCC[C@@H]3c3cc(F)ccc3C(=O)N(C)C4)C(=O)C2)c(OC(C)C)c1. The van der Waals surface area contributed by atoms with Crippen molar-refractivity contribution in [2.24, 2.45) is 4.99 Å². The fraction of sp³-hybridized carbons (Fsp3) is 0.431. The number of nitrogens with two attached hydrogens (primary N) is 1. The van der Waals surface area contributed by atoms with Crippen molar-refractivity contribution < 1.29 is 33.0 Å². The Hall–Kier alpha value is -7.79. The van der Waals surface area contributed by atoms with Gasteiger partial charge in [0.15, 0.2) is 0 Å². The molecule has 4 aliphatic heterocycles. The number of pyridine rings is 1. The van der Waals surface area contributed by atoms with Gasteiger partial charge in [0.1, 0.15) is 47.3 Å². The van der Waals surface area contributed by atoms with Crippen LogP contribution in [0.1, 0.15) is 152 Å². The van der Waals surface area contributed by atoms with Crippen LogP contribution in [0.4, 0.5) is 20.7 Å². The van der Waals surface area contributed by atoms with Crippen molar-refractivity contribution in [3.05, 3.63) is 153 Å². The number of carbonyl (C=O) groups is 4. The summed E-state index contributed by atoms with van der Waals surface area (Å²) in [7, 11) is 3.35. The average molecular weight is 1150 g/mol. The van der Waals surface area contributed by atoms with Crippen molar-refractivity contribution >= 4 is 52.6 Å². The maximum Gasteiger partial charge on any atom is 0.326 e. The Morgan fingerprint density at radius 1 is 0.819 bits per heavy atom. The van der Waals surface area contributed by atoms with Crippen LogP contribution in [-0.2, 0) is 22.7 Å². The molecule has 3 atom stereocenters. The van der Waals surface area contributed by atoms with Crippen molar-refractivity contribution in [1.82, 2.24) is 34.4 Å². The number of nitrogens with zero attached hydrogens (tertiary/aromatic N) is 9. The molecule has 6 heterocycles. The zero-order valence-electron chi connectivity index (χ0n) is 48.6. The van der Waals surface area contributed by atoms with Gasteiger partial charge in [-0.25, -0.2) is 14.2 Å². The van der Waals surface area contributed by atoms with E-state index in [1.807, 2.05) is 85.8 Å². The number of ketones is 1. The third kappa shape index (κ3) is 12.9. The van der Waals surface area contributed by atoms with Gasteiger partial charge in [0.25, 0.3) is 5.91 Å². The van der Waals surface area contributed by atoms with Crippen molar-refractivity contribution in [2.75, 3.05) is 57.5 Å². The fourth-order valence-corrected chi connectivity index (χ4v) is 12.4. The van der Waals surface area contributed by atoms with Gasteiger partial charge in [-0.05, 0) is 125 Å². The quantitative estimate of drug-likeness (QED) is 0.0769. The van der Waals surface area contributed by atoms with Crippen molar-refractivity contribution in [3.8, 4) is 22.6 Å². The number of aromatic nitrogens is 3. The predicted octanol–water partition coefficient (Wildman–Crippen LogP) is 12.2. The Morgan fingerprint density at radius 3 is 2.29 bits per heavy atom. The van der Waals surface area contributed by atoms with Crippen LogP contribution in [0, 0.1) is 19.7 Å². The Balaban J connectivity index is 0.706. The lowest BCUT2D eigenvalue weighted by atomic mass is 9.93. The average Bonchev–Trinajstić information content (AvgIpc) is 3.26. The van der Waals surface area contributed by atoms with Gasteiger partial charge < -0.3 is 34.8 Å². The number of methoxy groups -OCH3 is 1. The van der Waals surface area contributed by atoms with Crippen LogP contribution in [0.25, 0.3) is 11.1 Å². The highest BCUT2D eigenvalue weighted by atomic mass is 35.5. The molecule has 0 spiro atoms. The Bertz CT molecular complexity index is 3390. The summed E-state index contributed by atoms with van der Waals surface area (Å²) in [5.74, 6) is 1.51. The van der Waals surface area contributed by atoms with Gasteiger partial charge in [0.05, 0.1) is 48.8 Å². The highest BCUT2D eigenvalue weighted by Crippen LogP contribution is 2.47. The Labute approximate surface area is 491 Å². The van der Waals surface area contributed by atoms with Gasteiger partial charge in [-0.1, -0.05) is 79.2 Å². The first-order chi connectivity index (χ1) is 40.1. The highest BCUT2D eigenvalue weighted by Gasteiger charge is 2.46. The number of nitrogen functional groups attached to an aromatic ring is 1. The predicted molar refractivity (Wildman–Crippen MR) is 321 cm³/mol. The monoisotopic (exact) mass is 1150 g/mol. The number of fused-ring (bicyclic) bond motifs is 8. The van der Waals surface area contributed by atoms with E-state index in [-0.39, 0.29) is 48.9 Å². The summed E-state index contributed by atoms with van der Waals surface area (Å²) in [5.41, 5.74) is 15.3. The Kier molecular flexibility index (Phi) is 18.1. The van der Waals surface area contributed by atoms with Crippen molar-refractivity contribution in [2.45, 2.75) is 136 Å². The molecular weight excluding hydrogens is 1070 g/mol. The van der Waals surface area contributed by atoms with Gasteiger partial charge in [-0.15, -0.1) is 0 Å². The number of hydrogen-bond acceptors (Lipinski definition) is 11. The molecule has 10 rings (SSSR count). The summed E-state index contributed by atoms with van der Waals surface area (Å²) in [6.45, 7) is 10.8.